The Morgan fingerprint density at radius 2 is 2.26 bits per heavy atom. The van der Waals surface area contributed by atoms with Crippen LogP contribution in [-0.4, -0.2) is 27.4 Å². The molecule has 0 atom stereocenters. The van der Waals surface area contributed by atoms with E-state index >= 15 is 0 Å². The minimum atomic E-state index is -0.126. The van der Waals surface area contributed by atoms with E-state index in [1.807, 2.05) is 13.8 Å². The van der Waals surface area contributed by atoms with E-state index in [4.69, 9.17) is 0 Å². The Bertz CT molecular complexity index is 550. The topological polar surface area (TPSA) is 82.7 Å². The molecule has 6 nitrogen and oxygen atoms in total. The van der Waals surface area contributed by atoms with Crippen LogP contribution in [0.3, 0.4) is 0 Å². The summed E-state index contributed by atoms with van der Waals surface area (Å²) in [7, 11) is 0. The fraction of sp³-hybridized carbons (Fsp3) is 0.308. The van der Waals surface area contributed by atoms with Gasteiger partial charge in [-0.2, -0.15) is 0 Å². The number of nitrogens with zero attached hydrogens (tertiary/aromatic N) is 2. The highest BCUT2D eigenvalue weighted by Gasteiger charge is 2.08. The molecule has 0 saturated heterocycles. The fourth-order valence-corrected chi connectivity index (χ4v) is 1.73. The van der Waals surface area contributed by atoms with Gasteiger partial charge in [0, 0.05) is 24.0 Å². The lowest BCUT2D eigenvalue weighted by Gasteiger charge is -2.08. The Morgan fingerprint density at radius 1 is 1.42 bits per heavy atom. The number of carbonyl (C=O) groups is 1. The summed E-state index contributed by atoms with van der Waals surface area (Å²) in [5.74, 6) is 0.591. The van der Waals surface area contributed by atoms with Crippen LogP contribution in [0.1, 0.15) is 28.7 Å². The normalized spacial score (nSPS) is 10.2. The zero-order chi connectivity index (χ0) is 13.7. The van der Waals surface area contributed by atoms with Crippen LogP contribution < -0.4 is 10.6 Å². The first-order valence-corrected chi connectivity index (χ1v) is 6.17. The number of nitrogens with one attached hydrogen (secondary N) is 3. The number of imidazole rings is 1. The van der Waals surface area contributed by atoms with E-state index in [9.17, 15) is 4.79 Å². The highest BCUT2D eigenvalue weighted by atomic mass is 16.1. The average molecular weight is 259 g/mol. The van der Waals surface area contributed by atoms with Crippen LogP contribution in [0.25, 0.3) is 0 Å². The number of aryl methyl sites for hydroxylation is 1. The van der Waals surface area contributed by atoms with Crippen molar-refractivity contribution in [1.82, 2.24) is 20.3 Å². The van der Waals surface area contributed by atoms with Crippen LogP contribution in [0.4, 0.5) is 5.82 Å². The molecular formula is C13H17N5O. The molecular weight excluding hydrogens is 242 g/mol. The largest absolute Gasteiger partial charge is 0.370 e. The molecule has 3 N–H and O–H groups in total. The maximum absolute atomic E-state index is 12.0. The molecule has 0 aromatic carbocycles. The molecule has 0 bridgehead atoms. The highest BCUT2D eigenvalue weighted by Crippen LogP contribution is 2.10. The summed E-state index contributed by atoms with van der Waals surface area (Å²) >= 11 is 0. The third kappa shape index (κ3) is 3.54. The number of pyridine rings is 1. The van der Waals surface area contributed by atoms with E-state index in [1.54, 1.807) is 24.7 Å². The van der Waals surface area contributed by atoms with Crippen LogP contribution in [0.5, 0.6) is 0 Å². The molecule has 2 rings (SSSR count). The van der Waals surface area contributed by atoms with Gasteiger partial charge in [-0.25, -0.2) is 9.97 Å². The number of aromatic amines is 1. The zero-order valence-corrected chi connectivity index (χ0v) is 11.0. The molecule has 0 aliphatic heterocycles. The Morgan fingerprint density at radius 3 is 2.95 bits per heavy atom. The summed E-state index contributed by atoms with van der Waals surface area (Å²) in [6, 6.07) is 3.52. The first kappa shape index (κ1) is 13.1. The van der Waals surface area contributed by atoms with E-state index in [0.29, 0.717) is 17.9 Å². The number of hydrogen-bond donors (Lipinski definition) is 3. The van der Waals surface area contributed by atoms with Crippen molar-refractivity contribution in [2.45, 2.75) is 20.4 Å². The molecule has 0 radical (unpaired) electrons. The molecule has 0 saturated carbocycles. The maximum atomic E-state index is 12.0. The summed E-state index contributed by atoms with van der Waals surface area (Å²) in [6.07, 6.45) is 3.27. The summed E-state index contributed by atoms with van der Waals surface area (Å²) in [5, 5.41) is 5.94. The van der Waals surface area contributed by atoms with Crippen LogP contribution in [0.15, 0.2) is 24.7 Å². The minimum absolute atomic E-state index is 0.126. The predicted octanol–water partition coefficient (Wildman–Crippen LogP) is 1.47. The van der Waals surface area contributed by atoms with Crippen LogP contribution >= 0.6 is 0 Å². The number of amides is 1. The first-order chi connectivity index (χ1) is 9.19. The van der Waals surface area contributed by atoms with Gasteiger partial charge in [0.2, 0.25) is 0 Å². The van der Waals surface area contributed by atoms with Gasteiger partial charge in [-0.3, -0.25) is 4.79 Å². The van der Waals surface area contributed by atoms with E-state index in [2.05, 4.69) is 25.6 Å². The molecule has 0 aliphatic rings. The van der Waals surface area contributed by atoms with E-state index in [1.165, 1.54) is 0 Å². The predicted molar refractivity (Wildman–Crippen MR) is 72.9 cm³/mol. The molecule has 2 heterocycles. The van der Waals surface area contributed by atoms with Crippen molar-refractivity contribution >= 4 is 11.7 Å². The standard InChI is InChI=1S/C13H17N5O/c1-3-15-12-5-10(4-9(2)18-12)13(19)16-7-11-6-14-8-17-11/h4-6,8H,3,7H2,1-2H3,(H,14,17)(H,15,18)(H,16,19). The van der Waals surface area contributed by atoms with E-state index in [-0.39, 0.29) is 5.91 Å². The van der Waals surface area contributed by atoms with Gasteiger partial charge in [-0.05, 0) is 26.0 Å². The highest BCUT2D eigenvalue weighted by molar-refractivity contribution is 5.94. The van der Waals surface area contributed by atoms with Crippen molar-refractivity contribution in [2.75, 3.05) is 11.9 Å². The fourth-order valence-electron chi connectivity index (χ4n) is 1.73. The minimum Gasteiger partial charge on any atom is -0.370 e. The molecule has 19 heavy (non-hydrogen) atoms. The van der Waals surface area contributed by atoms with Gasteiger partial charge in [0.15, 0.2) is 0 Å². The molecule has 100 valence electrons. The Kier molecular flexibility index (Phi) is 4.12. The maximum Gasteiger partial charge on any atom is 0.251 e. The van der Waals surface area contributed by atoms with Crippen molar-refractivity contribution < 1.29 is 4.79 Å². The average Bonchev–Trinajstić information content (AvgIpc) is 2.88. The van der Waals surface area contributed by atoms with Crippen LogP contribution in [0, 0.1) is 6.92 Å². The summed E-state index contributed by atoms with van der Waals surface area (Å²) in [5.41, 5.74) is 2.28. The third-order valence-corrected chi connectivity index (χ3v) is 2.57. The van der Waals surface area contributed by atoms with Crippen LogP contribution in [0.2, 0.25) is 0 Å². The number of H-pyrrole nitrogens is 1. The number of anilines is 1. The second-order valence-electron chi connectivity index (χ2n) is 4.17. The second kappa shape index (κ2) is 5.99. The van der Waals surface area contributed by atoms with E-state index in [0.717, 1.165) is 17.9 Å². The number of carbonyl (C=O) groups excluding carboxylic acids is 1. The van der Waals surface area contributed by atoms with Crippen molar-refractivity contribution in [3.8, 4) is 0 Å². The lowest BCUT2D eigenvalue weighted by atomic mass is 10.2. The van der Waals surface area contributed by atoms with Gasteiger partial charge >= 0.3 is 0 Å². The smallest absolute Gasteiger partial charge is 0.251 e. The molecule has 1 amide bonds. The van der Waals surface area contributed by atoms with E-state index < -0.39 is 0 Å². The van der Waals surface area contributed by atoms with Gasteiger partial charge in [-0.1, -0.05) is 0 Å². The summed E-state index contributed by atoms with van der Waals surface area (Å²) in [6.45, 7) is 5.05. The van der Waals surface area contributed by atoms with Gasteiger partial charge in [0.05, 0.1) is 18.6 Å². The van der Waals surface area contributed by atoms with Crippen molar-refractivity contribution in [3.05, 3.63) is 41.6 Å². The van der Waals surface area contributed by atoms with Crippen molar-refractivity contribution in [2.24, 2.45) is 0 Å². The Labute approximate surface area is 111 Å². The van der Waals surface area contributed by atoms with Crippen molar-refractivity contribution in [3.63, 3.8) is 0 Å². The monoisotopic (exact) mass is 259 g/mol. The van der Waals surface area contributed by atoms with Gasteiger partial charge in [0.1, 0.15) is 5.82 Å². The third-order valence-electron chi connectivity index (χ3n) is 2.57. The first-order valence-electron chi connectivity index (χ1n) is 6.17. The lowest BCUT2D eigenvalue weighted by Crippen LogP contribution is -2.23. The molecule has 2 aromatic rings. The van der Waals surface area contributed by atoms with Gasteiger partial charge < -0.3 is 15.6 Å². The van der Waals surface area contributed by atoms with Gasteiger partial charge in [-0.15, -0.1) is 0 Å². The van der Waals surface area contributed by atoms with Gasteiger partial charge in [0.25, 0.3) is 5.91 Å². The molecule has 6 heteroatoms. The molecule has 0 unspecified atom stereocenters. The number of aromatic nitrogens is 3. The number of hydrogen-bond acceptors (Lipinski definition) is 4. The number of rotatable bonds is 5. The molecule has 0 aliphatic carbocycles. The SMILES string of the molecule is CCNc1cc(C(=O)NCc2cnc[nH]2)cc(C)n1. The summed E-state index contributed by atoms with van der Waals surface area (Å²) in [4.78, 5) is 23.2. The molecule has 2 aromatic heterocycles. The quantitative estimate of drug-likeness (QED) is 0.759. The molecule has 0 spiro atoms. The lowest BCUT2D eigenvalue weighted by molar-refractivity contribution is 0.0950. The zero-order valence-electron chi connectivity index (χ0n) is 11.0. The summed E-state index contributed by atoms with van der Waals surface area (Å²) < 4.78 is 0. The van der Waals surface area contributed by atoms with Crippen LogP contribution in [-0.2, 0) is 6.54 Å². The second-order valence-corrected chi connectivity index (χ2v) is 4.17. The Balaban J connectivity index is 2.05. The molecule has 0 fully saturated rings. The Hall–Kier alpha value is -2.37. The van der Waals surface area contributed by atoms with Crippen molar-refractivity contribution in [1.29, 1.82) is 0 Å².